The maximum atomic E-state index is 6.01. The van der Waals surface area contributed by atoms with Crippen LogP contribution in [0.5, 0.6) is 0 Å². The fourth-order valence-electron chi connectivity index (χ4n) is 2.18. The first-order valence-electron chi connectivity index (χ1n) is 6.84. The van der Waals surface area contributed by atoms with E-state index in [1.165, 1.54) is 32.4 Å². The molecule has 1 fully saturated rings. The van der Waals surface area contributed by atoms with Gasteiger partial charge in [0, 0.05) is 24.5 Å². The van der Waals surface area contributed by atoms with E-state index in [9.17, 15) is 0 Å². The van der Waals surface area contributed by atoms with Crippen molar-refractivity contribution in [3.05, 3.63) is 30.1 Å². The molecule has 1 aromatic heterocycles. The molecule has 0 N–H and O–H groups in total. The van der Waals surface area contributed by atoms with Crippen molar-refractivity contribution in [3.63, 3.8) is 0 Å². The Kier molecular flexibility index (Phi) is 6.11. The number of hydrogen-bond donors (Lipinski definition) is 0. The van der Waals surface area contributed by atoms with Gasteiger partial charge in [0.2, 0.25) is 0 Å². The zero-order valence-corrected chi connectivity index (χ0v) is 11.9. The number of hydrogen-bond acceptors (Lipinski definition) is 4. The fraction of sp³-hybridized carbons (Fsp3) is 0.571. The third kappa shape index (κ3) is 5.17. The summed E-state index contributed by atoms with van der Waals surface area (Å²) < 4.78 is 0. The van der Waals surface area contributed by atoms with Gasteiger partial charge in [-0.2, -0.15) is 0 Å². The molecular weight excluding hydrogens is 262 g/mol. The fourth-order valence-corrected chi connectivity index (χ4v) is 2.34. The Bertz CT molecular complexity index is 391. The Morgan fingerprint density at radius 1 is 1.37 bits per heavy atom. The summed E-state index contributed by atoms with van der Waals surface area (Å²) in [5, 5.41) is 4.25. The first-order chi connectivity index (χ1) is 9.36. The van der Waals surface area contributed by atoms with Crippen molar-refractivity contribution in [2.75, 3.05) is 26.2 Å². The van der Waals surface area contributed by atoms with E-state index >= 15 is 0 Å². The van der Waals surface area contributed by atoms with Crippen LogP contribution in [0.15, 0.2) is 29.7 Å². The molecule has 2 heterocycles. The van der Waals surface area contributed by atoms with Crippen molar-refractivity contribution in [2.45, 2.75) is 25.7 Å². The molecule has 0 spiro atoms. The molecule has 5 heteroatoms. The number of aromatic nitrogens is 1. The quantitative estimate of drug-likeness (QED) is 0.457. The third-order valence-corrected chi connectivity index (χ3v) is 3.49. The number of nitrogens with zero attached hydrogens (tertiary/aromatic N) is 3. The lowest BCUT2D eigenvalue weighted by atomic mass is 10.1. The van der Waals surface area contributed by atoms with Crippen LogP contribution < -0.4 is 0 Å². The Balaban J connectivity index is 1.63. The predicted octanol–water partition coefficient (Wildman–Crippen LogP) is 2.87. The van der Waals surface area contributed by atoms with E-state index in [1.807, 2.05) is 12.1 Å². The minimum absolute atomic E-state index is 0.353. The molecule has 1 saturated heterocycles. The minimum Gasteiger partial charge on any atom is -0.395 e. The number of piperidine rings is 1. The first kappa shape index (κ1) is 14.3. The summed E-state index contributed by atoms with van der Waals surface area (Å²) in [6.07, 6.45) is 8.38. The predicted molar refractivity (Wildman–Crippen MR) is 77.5 cm³/mol. The molecule has 4 nitrogen and oxygen atoms in total. The van der Waals surface area contributed by atoms with E-state index < -0.39 is 0 Å². The Labute approximate surface area is 119 Å². The average Bonchev–Trinajstić information content (AvgIpc) is 2.49. The van der Waals surface area contributed by atoms with Gasteiger partial charge in [-0.05, 0) is 44.5 Å². The first-order valence-corrected chi connectivity index (χ1v) is 7.22. The number of halogens is 1. The van der Waals surface area contributed by atoms with Gasteiger partial charge in [0.25, 0.3) is 0 Å². The van der Waals surface area contributed by atoms with Crippen molar-refractivity contribution in [1.29, 1.82) is 0 Å². The highest BCUT2D eigenvalue weighted by Crippen LogP contribution is 2.09. The maximum Gasteiger partial charge on any atom is 0.177 e. The van der Waals surface area contributed by atoms with Crippen LogP contribution in [0.25, 0.3) is 0 Å². The zero-order valence-electron chi connectivity index (χ0n) is 11.1. The zero-order chi connectivity index (χ0) is 13.3. The molecule has 0 amide bonds. The van der Waals surface area contributed by atoms with Crippen molar-refractivity contribution in [2.24, 2.45) is 5.16 Å². The van der Waals surface area contributed by atoms with Crippen molar-refractivity contribution >= 4 is 16.8 Å². The molecule has 0 aliphatic carbocycles. The Morgan fingerprint density at radius 2 is 2.21 bits per heavy atom. The van der Waals surface area contributed by atoms with Gasteiger partial charge in [0.15, 0.2) is 5.17 Å². The summed E-state index contributed by atoms with van der Waals surface area (Å²) in [4.78, 5) is 11.7. The van der Waals surface area contributed by atoms with E-state index in [0.717, 1.165) is 18.5 Å². The number of pyridine rings is 1. The summed E-state index contributed by atoms with van der Waals surface area (Å²) in [6.45, 7) is 4.13. The average molecular weight is 282 g/mol. The van der Waals surface area contributed by atoms with Crippen LogP contribution in [0, 0.1) is 0 Å². The van der Waals surface area contributed by atoms with Crippen LogP contribution >= 0.6 is 11.6 Å². The molecule has 2 rings (SSSR count). The van der Waals surface area contributed by atoms with Crippen molar-refractivity contribution in [3.8, 4) is 0 Å². The van der Waals surface area contributed by atoms with E-state index in [-0.39, 0.29) is 0 Å². The van der Waals surface area contributed by atoms with Crippen LogP contribution in [-0.4, -0.2) is 41.3 Å². The molecule has 104 valence electrons. The van der Waals surface area contributed by atoms with Crippen LogP contribution in [-0.2, 0) is 4.84 Å². The van der Waals surface area contributed by atoms with E-state index in [0.29, 0.717) is 11.8 Å². The summed E-state index contributed by atoms with van der Waals surface area (Å²) in [5.41, 5.74) is 0.778. The second-order valence-corrected chi connectivity index (χ2v) is 5.07. The standard InChI is InChI=1S/C14H20ClN3O/c15-14(13-6-4-7-16-12-13)17-19-11-5-10-18-8-2-1-3-9-18/h4,6-7,12H,1-3,5,8-11H2/b17-14-. The van der Waals surface area contributed by atoms with E-state index in [4.69, 9.17) is 16.4 Å². The van der Waals surface area contributed by atoms with Crippen LogP contribution in [0.3, 0.4) is 0 Å². The van der Waals surface area contributed by atoms with Crippen molar-refractivity contribution < 1.29 is 4.84 Å². The maximum absolute atomic E-state index is 6.01. The summed E-state index contributed by atoms with van der Waals surface area (Å²) in [7, 11) is 0. The second-order valence-electron chi connectivity index (χ2n) is 4.71. The Morgan fingerprint density at radius 3 is 2.95 bits per heavy atom. The largest absolute Gasteiger partial charge is 0.395 e. The van der Waals surface area contributed by atoms with Gasteiger partial charge in [-0.25, -0.2) is 0 Å². The van der Waals surface area contributed by atoms with Crippen LogP contribution in [0.1, 0.15) is 31.2 Å². The molecule has 1 aliphatic heterocycles. The molecule has 0 unspecified atom stereocenters. The molecule has 1 aromatic rings. The van der Waals surface area contributed by atoms with E-state index in [1.54, 1.807) is 12.4 Å². The number of likely N-dealkylation sites (tertiary alicyclic amines) is 1. The van der Waals surface area contributed by atoms with Crippen LogP contribution in [0.2, 0.25) is 0 Å². The second kappa shape index (κ2) is 8.12. The lowest BCUT2D eigenvalue weighted by molar-refractivity contribution is 0.125. The summed E-state index contributed by atoms with van der Waals surface area (Å²) in [5.74, 6) is 0. The monoisotopic (exact) mass is 281 g/mol. The molecule has 0 radical (unpaired) electrons. The topological polar surface area (TPSA) is 37.7 Å². The van der Waals surface area contributed by atoms with Gasteiger partial charge in [-0.3, -0.25) is 4.98 Å². The lowest BCUT2D eigenvalue weighted by Crippen LogP contribution is -2.31. The van der Waals surface area contributed by atoms with Gasteiger partial charge < -0.3 is 9.74 Å². The van der Waals surface area contributed by atoms with Gasteiger partial charge in [0.05, 0.1) is 0 Å². The molecule has 19 heavy (non-hydrogen) atoms. The third-order valence-electron chi connectivity index (χ3n) is 3.20. The molecule has 0 bridgehead atoms. The van der Waals surface area contributed by atoms with Gasteiger partial charge in [-0.15, -0.1) is 0 Å². The molecule has 1 aliphatic rings. The molecule has 0 atom stereocenters. The molecule has 0 saturated carbocycles. The highest BCUT2D eigenvalue weighted by atomic mass is 35.5. The number of rotatable bonds is 6. The molecular formula is C14H20ClN3O. The smallest absolute Gasteiger partial charge is 0.177 e. The van der Waals surface area contributed by atoms with Crippen molar-refractivity contribution in [1.82, 2.24) is 9.88 Å². The SMILES string of the molecule is Cl/C(=N\OCCCN1CCCCC1)c1cccnc1. The summed E-state index contributed by atoms with van der Waals surface area (Å²) >= 11 is 6.01. The highest BCUT2D eigenvalue weighted by Gasteiger charge is 2.08. The van der Waals surface area contributed by atoms with Gasteiger partial charge in [-0.1, -0.05) is 23.2 Å². The van der Waals surface area contributed by atoms with Gasteiger partial charge in [0.1, 0.15) is 6.61 Å². The number of oxime groups is 1. The minimum atomic E-state index is 0.353. The summed E-state index contributed by atoms with van der Waals surface area (Å²) in [6, 6.07) is 3.68. The Hall–Kier alpha value is -1.13. The highest BCUT2D eigenvalue weighted by molar-refractivity contribution is 6.69. The normalized spacial score (nSPS) is 17.4. The van der Waals surface area contributed by atoms with Gasteiger partial charge >= 0.3 is 0 Å². The van der Waals surface area contributed by atoms with E-state index in [2.05, 4.69) is 15.0 Å². The lowest BCUT2D eigenvalue weighted by Gasteiger charge is -2.25. The molecule has 0 aromatic carbocycles. The van der Waals surface area contributed by atoms with Crippen LogP contribution in [0.4, 0.5) is 0 Å².